The van der Waals surface area contributed by atoms with Gasteiger partial charge in [0.05, 0.1) is 6.04 Å². The predicted octanol–water partition coefficient (Wildman–Crippen LogP) is 3.87. The summed E-state index contributed by atoms with van der Waals surface area (Å²) < 4.78 is 14.1. The van der Waals surface area contributed by atoms with Gasteiger partial charge in [0, 0.05) is 18.5 Å². The summed E-state index contributed by atoms with van der Waals surface area (Å²) in [6.07, 6.45) is 0.533. The minimum absolute atomic E-state index is 0.0512. The molecule has 1 fully saturated rings. The molecular weight excluding hydrogens is 331 g/mol. The first-order chi connectivity index (χ1) is 12.5. The molecule has 1 amide bonds. The molecule has 0 bridgehead atoms. The number of carbonyl (C=O) groups is 1. The summed E-state index contributed by atoms with van der Waals surface area (Å²) >= 11 is 0. The number of hydrogen-bond acceptors (Lipinski definition) is 2. The summed E-state index contributed by atoms with van der Waals surface area (Å²) in [6.45, 7) is 0.659. The Morgan fingerprint density at radius 3 is 2.65 bits per heavy atom. The van der Waals surface area contributed by atoms with E-state index in [1.807, 2.05) is 37.2 Å². The molecule has 136 valence electrons. The summed E-state index contributed by atoms with van der Waals surface area (Å²) in [5.74, 6) is -0.259. The van der Waals surface area contributed by atoms with Crippen LogP contribution < -0.4 is 0 Å². The van der Waals surface area contributed by atoms with E-state index < -0.39 is 6.09 Å². The number of amides is 1. The molecule has 0 aromatic heterocycles. The lowest BCUT2D eigenvalue weighted by molar-refractivity contribution is 0.112. The molecular formula is C21H23FN2O2. The molecule has 3 atom stereocenters. The fraction of sp³-hybridized carbons (Fsp3) is 0.381. The minimum Gasteiger partial charge on any atom is -0.465 e. The van der Waals surface area contributed by atoms with Gasteiger partial charge in [-0.1, -0.05) is 30.3 Å². The van der Waals surface area contributed by atoms with Gasteiger partial charge in [-0.2, -0.15) is 0 Å². The molecule has 2 aromatic rings. The fourth-order valence-electron chi connectivity index (χ4n) is 4.74. The second kappa shape index (κ2) is 6.40. The van der Waals surface area contributed by atoms with Crippen LogP contribution in [-0.4, -0.2) is 47.7 Å². The summed E-state index contributed by atoms with van der Waals surface area (Å²) in [5, 5.41) is 9.98. The number of likely N-dealkylation sites (tertiary alicyclic amines) is 1. The third kappa shape index (κ3) is 2.76. The van der Waals surface area contributed by atoms with Gasteiger partial charge >= 0.3 is 6.09 Å². The van der Waals surface area contributed by atoms with Gasteiger partial charge in [-0.3, -0.25) is 4.90 Å². The third-order valence-corrected chi connectivity index (χ3v) is 5.66. The van der Waals surface area contributed by atoms with Crippen LogP contribution in [0.25, 0.3) is 0 Å². The van der Waals surface area contributed by atoms with Crippen molar-refractivity contribution in [2.24, 2.45) is 0 Å². The summed E-state index contributed by atoms with van der Waals surface area (Å²) in [7, 11) is 3.91. The highest BCUT2D eigenvalue weighted by Gasteiger charge is 2.47. The number of benzene rings is 2. The topological polar surface area (TPSA) is 43.8 Å². The molecule has 1 N–H and O–H groups in total. The Labute approximate surface area is 152 Å². The van der Waals surface area contributed by atoms with Gasteiger partial charge in [0.25, 0.3) is 0 Å². The molecule has 1 aliphatic carbocycles. The normalized spacial score (nSPS) is 24.0. The minimum atomic E-state index is -0.932. The average Bonchev–Trinajstić information content (AvgIpc) is 2.89. The lowest BCUT2D eigenvalue weighted by Gasteiger charge is -2.31. The van der Waals surface area contributed by atoms with E-state index >= 15 is 0 Å². The van der Waals surface area contributed by atoms with Crippen LogP contribution in [0, 0.1) is 5.82 Å². The van der Waals surface area contributed by atoms with Crippen LogP contribution in [0.1, 0.15) is 40.6 Å². The number of rotatable bonds is 2. The Balaban J connectivity index is 1.91. The molecule has 2 aliphatic rings. The van der Waals surface area contributed by atoms with Gasteiger partial charge in [0.1, 0.15) is 5.82 Å². The first-order valence-electron chi connectivity index (χ1n) is 8.98. The lowest BCUT2D eigenvalue weighted by Crippen LogP contribution is -2.42. The van der Waals surface area contributed by atoms with E-state index in [9.17, 15) is 14.3 Å². The molecule has 2 aromatic carbocycles. The van der Waals surface area contributed by atoms with Crippen molar-refractivity contribution in [3.63, 3.8) is 0 Å². The molecule has 0 radical (unpaired) electrons. The quantitative estimate of drug-likeness (QED) is 0.890. The fourth-order valence-corrected chi connectivity index (χ4v) is 4.74. The SMILES string of the molecule is CN(C)C[C@H]1C[C@@H]2c3ccccc3Cc3ccc(F)cc3[C@H]2N1C(=O)O. The summed E-state index contributed by atoms with van der Waals surface area (Å²) in [5.41, 5.74) is 4.24. The number of carboxylic acid groups (broad SMARTS) is 1. The molecule has 0 spiro atoms. The van der Waals surface area contributed by atoms with E-state index in [1.54, 1.807) is 4.90 Å². The lowest BCUT2D eigenvalue weighted by atomic mass is 9.87. The van der Waals surface area contributed by atoms with Crippen molar-refractivity contribution in [1.82, 2.24) is 9.80 Å². The Kier molecular flexibility index (Phi) is 4.19. The zero-order valence-electron chi connectivity index (χ0n) is 15.0. The van der Waals surface area contributed by atoms with Crippen LogP contribution in [-0.2, 0) is 6.42 Å². The molecule has 0 saturated carbocycles. The van der Waals surface area contributed by atoms with E-state index in [0.717, 1.165) is 17.5 Å². The smallest absolute Gasteiger partial charge is 0.408 e. The van der Waals surface area contributed by atoms with Crippen molar-refractivity contribution in [3.05, 3.63) is 70.5 Å². The van der Waals surface area contributed by atoms with Gasteiger partial charge in [-0.25, -0.2) is 9.18 Å². The van der Waals surface area contributed by atoms with Crippen LogP contribution in [0.2, 0.25) is 0 Å². The van der Waals surface area contributed by atoms with E-state index in [0.29, 0.717) is 13.0 Å². The van der Waals surface area contributed by atoms with Crippen molar-refractivity contribution in [1.29, 1.82) is 0 Å². The van der Waals surface area contributed by atoms with Gasteiger partial charge in [0.15, 0.2) is 0 Å². The van der Waals surface area contributed by atoms with Gasteiger partial charge < -0.3 is 10.0 Å². The predicted molar refractivity (Wildman–Crippen MR) is 98.0 cm³/mol. The molecule has 1 saturated heterocycles. The Morgan fingerprint density at radius 2 is 1.92 bits per heavy atom. The summed E-state index contributed by atoms with van der Waals surface area (Å²) in [4.78, 5) is 15.8. The van der Waals surface area contributed by atoms with Crippen molar-refractivity contribution < 1.29 is 14.3 Å². The molecule has 26 heavy (non-hydrogen) atoms. The molecule has 4 rings (SSSR count). The first kappa shape index (κ1) is 17.0. The maximum absolute atomic E-state index is 14.1. The second-order valence-electron chi connectivity index (χ2n) is 7.61. The number of nitrogens with zero attached hydrogens (tertiary/aromatic N) is 2. The largest absolute Gasteiger partial charge is 0.465 e. The van der Waals surface area contributed by atoms with Crippen LogP contribution in [0.4, 0.5) is 9.18 Å². The van der Waals surface area contributed by atoms with Gasteiger partial charge in [-0.15, -0.1) is 0 Å². The third-order valence-electron chi connectivity index (χ3n) is 5.66. The number of fused-ring (bicyclic) bond motifs is 5. The zero-order chi connectivity index (χ0) is 18.4. The van der Waals surface area contributed by atoms with Gasteiger partial charge in [-0.05, 0) is 61.3 Å². The standard InChI is InChI=1S/C21H23FN2O2/c1-23(2)12-16-11-19-17-6-4-3-5-13(17)9-14-7-8-15(22)10-18(14)20(19)24(16)21(25)26/h3-8,10,16,19-20H,9,11-12H2,1-2H3,(H,25,26)/t16-,19-,20-/m1/s1. The highest BCUT2D eigenvalue weighted by Crippen LogP contribution is 2.51. The number of hydrogen-bond donors (Lipinski definition) is 1. The Hall–Kier alpha value is -2.40. The maximum Gasteiger partial charge on any atom is 0.408 e. The molecule has 4 nitrogen and oxygen atoms in total. The Bertz CT molecular complexity index is 852. The number of likely N-dealkylation sites (N-methyl/N-ethyl adjacent to an activating group) is 1. The van der Waals surface area contributed by atoms with Crippen LogP contribution in [0.15, 0.2) is 42.5 Å². The monoisotopic (exact) mass is 354 g/mol. The molecule has 5 heteroatoms. The van der Waals surface area contributed by atoms with Crippen LogP contribution in [0.5, 0.6) is 0 Å². The average molecular weight is 354 g/mol. The van der Waals surface area contributed by atoms with Crippen molar-refractivity contribution in [3.8, 4) is 0 Å². The van der Waals surface area contributed by atoms with Crippen molar-refractivity contribution in [2.45, 2.75) is 30.8 Å². The van der Waals surface area contributed by atoms with E-state index in [1.165, 1.54) is 23.3 Å². The highest BCUT2D eigenvalue weighted by molar-refractivity contribution is 5.68. The Morgan fingerprint density at radius 1 is 1.19 bits per heavy atom. The van der Waals surface area contributed by atoms with E-state index in [4.69, 9.17) is 0 Å². The van der Waals surface area contributed by atoms with Crippen LogP contribution >= 0.6 is 0 Å². The zero-order valence-corrected chi connectivity index (χ0v) is 15.0. The van der Waals surface area contributed by atoms with Gasteiger partial charge in [0.2, 0.25) is 0 Å². The molecule has 1 aliphatic heterocycles. The van der Waals surface area contributed by atoms with Crippen LogP contribution in [0.3, 0.4) is 0 Å². The van der Waals surface area contributed by atoms with E-state index in [-0.39, 0.29) is 23.8 Å². The summed E-state index contributed by atoms with van der Waals surface area (Å²) in [6, 6.07) is 12.6. The van der Waals surface area contributed by atoms with E-state index in [2.05, 4.69) is 12.1 Å². The molecule has 1 heterocycles. The first-order valence-corrected chi connectivity index (χ1v) is 8.98. The maximum atomic E-state index is 14.1. The van der Waals surface area contributed by atoms with Crippen molar-refractivity contribution in [2.75, 3.05) is 20.6 Å². The van der Waals surface area contributed by atoms with Crippen molar-refractivity contribution >= 4 is 6.09 Å². The molecule has 0 unspecified atom stereocenters. The second-order valence-corrected chi connectivity index (χ2v) is 7.61. The highest BCUT2D eigenvalue weighted by atomic mass is 19.1. The number of halogens is 1.